The Hall–Kier alpha value is -1.03. The Morgan fingerprint density at radius 1 is 1.21 bits per heavy atom. The highest BCUT2D eigenvalue weighted by Crippen LogP contribution is 2.39. The Balaban J connectivity index is 2.33. The standard InChI is InChI=1S/C15H17ClN2S/c1-10-6-3-4-7-12(10)14(11(2)17)19-15-13(16)8-5-9-18-15/h3-9,11,14H,17H2,1-2H3. The van der Waals surface area contributed by atoms with E-state index in [0.717, 1.165) is 5.03 Å². The summed E-state index contributed by atoms with van der Waals surface area (Å²) in [4.78, 5) is 4.33. The molecule has 1 aromatic heterocycles. The van der Waals surface area contributed by atoms with E-state index in [4.69, 9.17) is 17.3 Å². The quantitative estimate of drug-likeness (QED) is 0.857. The van der Waals surface area contributed by atoms with Crippen molar-refractivity contribution in [3.05, 3.63) is 58.7 Å². The molecule has 1 heterocycles. The molecule has 100 valence electrons. The largest absolute Gasteiger partial charge is 0.327 e. The molecule has 0 spiro atoms. The highest BCUT2D eigenvalue weighted by Gasteiger charge is 2.21. The second kappa shape index (κ2) is 6.42. The van der Waals surface area contributed by atoms with Crippen molar-refractivity contribution in [2.24, 2.45) is 5.73 Å². The Morgan fingerprint density at radius 2 is 1.95 bits per heavy atom. The van der Waals surface area contributed by atoms with E-state index in [0.29, 0.717) is 5.02 Å². The SMILES string of the molecule is Cc1ccccc1C(Sc1ncccc1Cl)C(C)N. The van der Waals surface area contributed by atoms with Gasteiger partial charge in [0, 0.05) is 12.2 Å². The molecule has 0 aliphatic rings. The van der Waals surface area contributed by atoms with Gasteiger partial charge in [-0.15, -0.1) is 0 Å². The van der Waals surface area contributed by atoms with E-state index in [2.05, 4.69) is 24.0 Å². The summed E-state index contributed by atoms with van der Waals surface area (Å²) in [5.41, 5.74) is 8.62. The lowest BCUT2D eigenvalue weighted by molar-refractivity contribution is 0.717. The Labute approximate surface area is 123 Å². The average molecular weight is 293 g/mol. The maximum absolute atomic E-state index is 6.18. The molecule has 0 radical (unpaired) electrons. The van der Waals surface area contributed by atoms with E-state index in [-0.39, 0.29) is 11.3 Å². The van der Waals surface area contributed by atoms with Gasteiger partial charge in [0.2, 0.25) is 0 Å². The van der Waals surface area contributed by atoms with Crippen LogP contribution in [0.1, 0.15) is 23.3 Å². The third-order valence-electron chi connectivity index (χ3n) is 2.94. The third-order valence-corrected chi connectivity index (χ3v) is 4.84. The van der Waals surface area contributed by atoms with Gasteiger partial charge >= 0.3 is 0 Å². The monoisotopic (exact) mass is 292 g/mol. The number of halogens is 1. The number of pyridine rings is 1. The second-order valence-corrected chi connectivity index (χ2v) is 6.08. The summed E-state index contributed by atoms with van der Waals surface area (Å²) in [6, 6.07) is 12.0. The van der Waals surface area contributed by atoms with Gasteiger partial charge in [0.1, 0.15) is 5.03 Å². The number of nitrogens with two attached hydrogens (primary N) is 1. The van der Waals surface area contributed by atoms with Crippen molar-refractivity contribution in [3.63, 3.8) is 0 Å². The summed E-state index contributed by atoms with van der Waals surface area (Å²) in [7, 11) is 0. The highest BCUT2D eigenvalue weighted by atomic mass is 35.5. The predicted octanol–water partition coefficient (Wildman–Crippen LogP) is 4.22. The van der Waals surface area contributed by atoms with Gasteiger partial charge in [-0.2, -0.15) is 0 Å². The number of rotatable bonds is 4. The topological polar surface area (TPSA) is 38.9 Å². The molecule has 0 aliphatic heterocycles. The number of aromatic nitrogens is 1. The van der Waals surface area contributed by atoms with Crippen molar-refractivity contribution in [2.45, 2.75) is 30.2 Å². The van der Waals surface area contributed by atoms with Gasteiger partial charge in [0.25, 0.3) is 0 Å². The lowest BCUT2D eigenvalue weighted by atomic mass is 10.0. The fourth-order valence-corrected chi connectivity index (χ4v) is 3.34. The van der Waals surface area contributed by atoms with Crippen LogP contribution in [0.3, 0.4) is 0 Å². The van der Waals surface area contributed by atoms with Gasteiger partial charge in [-0.1, -0.05) is 47.6 Å². The van der Waals surface area contributed by atoms with Gasteiger partial charge in [-0.05, 0) is 37.1 Å². The van der Waals surface area contributed by atoms with Crippen LogP contribution in [0.4, 0.5) is 0 Å². The third kappa shape index (κ3) is 3.50. The molecule has 2 unspecified atom stereocenters. The zero-order valence-electron chi connectivity index (χ0n) is 11.0. The highest BCUT2D eigenvalue weighted by molar-refractivity contribution is 7.99. The smallest absolute Gasteiger partial charge is 0.115 e. The van der Waals surface area contributed by atoms with E-state index < -0.39 is 0 Å². The minimum absolute atomic E-state index is 0.0178. The van der Waals surface area contributed by atoms with E-state index in [1.807, 2.05) is 31.2 Å². The van der Waals surface area contributed by atoms with Gasteiger partial charge in [-0.3, -0.25) is 0 Å². The van der Waals surface area contributed by atoms with Crippen molar-refractivity contribution in [3.8, 4) is 0 Å². The average Bonchev–Trinajstić information content (AvgIpc) is 2.38. The van der Waals surface area contributed by atoms with Crippen LogP contribution in [-0.4, -0.2) is 11.0 Å². The van der Waals surface area contributed by atoms with Gasteiger partial charge < -0.3 is 5.73 Å². The molecule has 2 rings (SSSR count). The fraction of sp³-hybridized carbons (Fsp3) is 0.267. The molecular formula is C15H17ClN2S. The number of hydrogen-bond donors (Lipinski definition) is 1. The van der Waals surface area contributed by atoms with Crippen molar-refractivity contribution in [1.29, 1.82) is 0 Å². The van der Waals surface area contributed by atoms with Crippen molar-refractivity contribution in [1.82, 2.24) is 4.98 Å². The number of aryl methyl sites for hydroxylation is 1. The molecule has 0 bridgehead atoms. The van der Waals surface area contributed by atoms with Crippen LogP contribution in [0.5, 0.6) is 0 Å². The summed E-state index contributed by atoms with van der Waals surface area (Å²) in [6.07, 6.45) is 1.75. The van der Waals surface area contributed by atoms with Crippen molar-refractivity contribution < 1.29 is 0 Å². The molecule has 0 saturated heterocycles. The molecule has 2 N–H and O–H groups in total. The molecule has 2 atom stereocenters. The first kappa shape index (κ1) is 14.4. The summed E-state index contributed by atoms with van der Waals surface area (Å²) in [5, 5.41) is 1.65. The van der Waals surface area contributed by atoms with Gasteiger partial charge in [0.05, 0.1) is 10.3 Å². The van der Waals surface area contributed by atoms with Crippen LogP contribution in [0.2, 0.25) is 5.02 Å². The number of nitrogens with zero attached hydrogens (tertiary/aromatic N) is 1. The lowest BCUT2D eigenvalue weighted by Gasteiger charge is -2.22. The molecule has 4 heteroatoms. The fourth-order valence-electron chi connectivity index (χ4n) is 1.94. The van der Waals surface area contributed by atoms with Crippen LogP contribution >= 0.6 is 23.4 Å². The molecule has 1 aromatic carbocycles. The molecule has 2 aromatic rings. The molecule has 19 heavy (non-hydrogen) atoms. The van der Waals surface area contributed by atoms with Crippen molar-refractivity contribution in [2.75, 3.05) is 0 Å². The maximum atomic E-state index is 6.18. The lowest BCUT2D eigenvalue weighted by Crippen LogP contribution is -2.23. The predicted molar refractivity (Wildman–Crippen MR) is 82.7 cm³/mol. The summed E-state index contributed by atoms with van der Waals surface area (Å²) >= 11 is 7.80. The maximum Gasteiger partial charge on any atom is 0.115 e. The van der Waals surface area contributed by atoms with Gasteiger partial charge in [0.15, 0.2) is 0 Å². The number of benzene rings is 1. The first-order valence-electron chi connectivity index (χ1n) is 6.18. The molecule has 0 amide bonds. The van der Waals surface area contributed by atoms with E-state index in [1.165, 1.54) is 11.1 Å². The minimum atomic E-state index is 0.0178. The molecule has 0 saturated carbocycles. The van der Waals surface area contributed by atoms with Crippen LogP contribution in [0.15, 0.2) is 47.6 Å². The van der Waals surface area contributed by atoms with E-state index >= 15 is 0 Å². The Morgan fingerprint density at radius 3 is 2.58 bits per heavy atom. The summed E-state index contributed by atoms with van der Waals surface area (Å²) in [5.74, 6) is 0. The van der Waals surface area contributed by atoms with E-state index in [1.54, 1.807) is 18.0 Å². The molecule has 0 aliphatic carbocycles. The Bertz CT molecular complexity index is 557. The van der Waals surface area contributed by atoms with E-state index in [9.17, 15) is 0 Å². The Kier molecular flexibility index (Phi) is 4.86. The van der Waals surface area contributed by atoms with Gasteiger partial charge in [-0.25, -0.2) is 4.98 Å². The normalized spacial score (nSPS) is 14.1. The van der Waals surface area contributed by atoms with Crippen LogP contribution in [0.25, 0.3) is 0 Å². The molecule has 2 nitrogen and oxygen atoms in total. The first-order chi connectivity index (χ1) is 9.09. The molecular weight excluding hydrogens is 276 g/mol. The van der Waals surface area contributed by atoms with Crippen LogP contribution in [0, 0.1) is 6.92 Å². The number of hydrogen-bond acceptors (Lipinski definition) is 3. The van der Waals surface area contributed by atoms with Crippen LogP contribution < -0.4 is 5.73 Å². The summed E-state index contributed by atoms with van der Waals surface area (Å²) in [6.45, 7) is 4.12. The molecule has 0 fully saturated rings. The zero-order valence-corrected chi connectivity index (χ0v) is 12.6. The van der Waals surface area contributed by atoms with Crippen LogP contribution in [-0.2, 0) is 0 Å². The first-order valence-corrected chi connectivity index (χ1v) is 7.43. The second-order valence-electron chi connectivity index (χ2n) is 4.54. The number of thioether (sulfide) groups is 1. The summed E-state index contributed by atoms with van der Waals surface area (Å²) < 4.78 is 0. The minimum Gasteiger partial charge on any atom is -0.327 e. The zero-order chi connectivity index (χ0) is 13.8. The van der Waals surface area contributed by atoms with Crippen molar-refractivity contribution >= 4 is 23.4 Å².